The van der Waals surface area contributed by atoms with E-state index in [9.17, 15) is 14.0 Å². The highest BCUT2D eigenvalue weighted by Gasteiger charge is 2.42. The number of hydrogen-bond acceptors (Lipinski definition) is 3. The van der Waals surface area contributed by atoms with Crippen LogP contribution in [-0.2, 0) is 13.4 Å². The molecule has 6 nitrogen and oxygen atoms in total. The van der Waals surface area contributed by atoms with Gasteiger partial charge in [0.2, 0.25) is 0 Å². The van der Waals surface area contributed by atoms with Crippen LogP contribution >= 0.6 is 15.4 Å². The molecule has 0 aromatic rings. The van der Waals surface area contributed by atoms with Gasteiger partial charge >= 0.3 is 15.4 Å². The molecule has 0 amide bonds. The Morgan fingerprint density at radius 2 is 1.50 bits per heavy atom. The second-order valence-electron chi connectivity index (χ2n) is 4.18. The smallest absolute Gasteiger partial charge is 0.324 e. The maximum Gasteiger partial charge on any atom is 0.476 e. The van der Waals surface area contributed by atoms with Gasteiger partial charge < -0.3 is 14.7 Å². The van der Waals surface area contributed by atoms with E-state index in [1.54, 1.807) is 20.8 Å². The van der Waals surface area contributed by atoms with Crippen LogP contribution in [0.25, 0.3) is 0 Å². The highest BCUT2D eigenvalue weighted by Crippen LogP contribution is 2.62. The van der Waals surface area contributed by atoms with Crippen molar-refractivity contribution in [3.8, 4) is 0 Å². The molecular weight excluding hydrogens is 230 g/mol. The molecule has 0 spiro atoms. The van der Waals surface area contributed by atoms with Gasteiger partial charge in [-0.2, -0.15) is 0 Å². The summed E-state index contributed by atoms with van der Waals surface area (Å²) in [5.41, 5.74) is -1.43. The standard InChI is InChI=1S/C6H16O6P2/c1-5(6(2,3)4)13(7,8)12-14(9,10)11/h5H,1-4H3,(H,7,8)(H2,9,10,11). The SMILES string of the molecule is CC(C(C)(C)C)P(=O)(O)OP(=O)(O)O. The molecule has 2 atom stereocenters. The van der Waals surface area contributed by atoms with Gasteiger partial charge in [-0.05, 0) is 5.41 Å². The van der Waals surface area contributed by atoms with Crippen LogP contribution in [0.2, 0.25) is 0 Å². The first-order valence-electron chi connectivity index (χ1n) is 3.95. The van der Waals surface area contributed by atoms with E-state index in [0.29, 0.717) is 0 Å². The van der Waals surface area contributed by atoms with Crippen LogP contribution < -0.4 is 0 Å². The largest absolute Gasteiger partial charge is 0.476 e. The average Bonchev–Trinajstić information content (AvgIpc) is 1.78. The zero-order chi connectivity index (χ0) is 11.8. The van der Waals surface area contributed by atoms with Crippen molar-refractivity contribution in [1.82, 2.24) is 0 Å². The van der Waals surface area contributed by atoms with E-state index in [0.717, 1.165) is 0 Å². The molecule has 0 radical (unpaired) electrons. The molecule has 8 heteroatoms. The van der Waals surface area contributed by atoms with Crippen molar-refractivity contribution in [2.24, 2.45) is 5.41 Å². The first kappa shape index (κ1) is 14.3. The Labute approximate surface area is 83.1 Å². The summed E-state index contributed by atoms with van der Waals surface area (Å²) >= 11 is 0. The predicted molar refractivity (Wildman–Crippen MR) is 51.9 cm³/mol. The summed E-state index contributed by atoms with van der Waals surface area (Å²) in [6.45, 7) is 6.47. The Kier molecular flexibility index (Phi) is 4.13. The molecule has 0 bridgehead atoms. The lowest BCUT2D eigenvalue weighted by Gasteiger charge is -2.29. The van der Waals surface area contributed by atoms with Crippen molar-refractivity contribution in [2.45, 2.75) is 33.4 Å². The van der Waals surface area contributed by atoms with Gasteiger partial charge in [-0.1, -0.05) is 27.7 Å². The molecule has 0 aromatic heterocycles. The van der Waals surface area contributed by atoms with Crippen LogP contribution in [-0.4, -0.2) is 20.3 Å². The van der Waals surface area contributed by atoms with Crippen LogP contribution in [0.1, 0.15) is 27.7 Å². The maximum absolute atomic E-state index is 11.4. The molecule has 0 rings (SSSR count). The molecule has 0 aromatic carbocycles. The normalized spacial score (nSPS) is 20.2. The number of phosphoric acid groups is 1. The second-order valence-corrected chi connectivity index (χ2v) is 7.72. The van der Waals surface area contributed by atoms with Gasteiger partial charge in [0.1, 0.15) is 0 Å². The first-order valence-corrected chi connectivity index (χ1v) is 7.13. The molecule has 0 heterocycles. The van der Waals surface area contributed by atoms with E-state index in [4.69, 9.17) is 9.79 Å². The molecule has 3 N–H and O–H groups in total. The van der Waals surface area contributed by atoms with Crippen molar-refractivity contribution in [3.05, 3.63) is 0 Å². The van der Waals surface area contributed by atoms with E-state index in [1.165, 1.54) is 6.92 Å². The molecule has 0 saturated carbocycles. The minimum Gasteiger partial charge on any atom is -0.324 e. The van der Waals surface area contributed by atoms with Crippen LogP contribution in [0.5, 0.6) is 0 Å². The zero-order valence-electron chi connectivity index (χ0n) is 8.54. The van der Waals surface area contributed by atoms with Crippen LogP contribution in [0.3, 0.4) is 0 Å². The van der Waals surface area contributed by atoms with Crippen molar-refractivity contribution in [3.63, 3.8) is 0 Å². The van der Waals surface area contributed by atoms with Crippen LogP contribution in [0.15, 0.2) is 0 Å². The van der Waals surface area contributed by atoms with Crippen LogP contribution in [0, 0.1) is 5.41 Å². The molecule has 0 fully saturated rings. The lowest BCUT2D eigenvalue weighted by Crippen LogP contribution is -2.23. The summed E-state index contributed by atoms with van der Waals surface area (Å²) in [4.78, 5) is 26.1. The van der Waals surface area contributed by atoms with Gasteiger partial charge in [0, 0.05) is 0 Å². The molecular formula is C6H16O6P2. The molecule has 0 saturated heterocycles. The lowest BCUT2D eigenvalue weighted by atomic mass is 9.93. The number of hydrogen-bond donors (Lipinski definition) is 3. The van der Waals surface area contributed by atoms with E-state index in [2.05, 4.69) is 4.31 Å². The third-order valence-electron chi connectivity index (χ3n) is 1.97. The molecule has 0 aliphatic carbocycles. The van der Waals surface area contributed by atoms with Crippen molar-refractivity contribution >= 4 is 15.4 Å². The predicted octanol–water partition coefficient (Wildman–Crippen LogP) is 1.72. The Morgan fingerprint density at radius 3 is 1.71 bits per heavy atom. The van der Waals surface area contributed by atoms with Crippen molar-refractivity contribution in [1.29, 1.82) is 0 Å². The van der Waals surface area contributed by atoms with Crippen molar-refractivity contribution < 1.29 is 28.1 Å². The molecule has 14 heavy (non-hydrogen) atoms. The van der Waals surface area contributed by atoms with E-state index in [-0.39, 0.29) is 0 Å². The topological polar surface area (TPSA) is 104 Å². The fourth-order valence-corrected chi connectivity index (χ4v) is 3.48. The minimum atomic E-state index is -4.92. The van der Waals surface area contributed by atoms with E-state index >= 15 is 0 Å². The van der Waals surface area contributed by atoms with Gasteiger partial charge in [0.05, 0.1) is 5.66 Å². The Hall–Kier alpha value is 0.300. The van der Waals surface area contributed by atoms with Gasteiger partial charge in [-0.25, -0.2) is 8.88 Å². The Bertz CT molecular complexity index is 287. The monoisotopic (exact) mass is 246 g/mol. The molecule has 0 aliphatic rings. The quantitative estimate of drug-likeness (QED) is 0.655. The van der Waals surface area contributed by atoms with Gasteiger partial charge in [0.15, 0.2) is 0 Å². The Balaban J connectivity index is 4.82. The maximum atomic E-state index is 11.4. The summed E-state index contributed by atoms with van der Waals surface area (Å²) in [6.07, 6.45) is 0. The van der Waals surface area contributed by atoms with E-state index in [1.807, 2.05) is 0 Å². The summed E-state index contributed by atoms with van der Waals surface area (Å²) in [5.74, 6) is 0. The fraction of sp³-hybridized carbons (Fsp3) is 1.00. The number of rotatable bonds is 3. The fourth-order valence-electron chi connectivity index (χ4n) is 0.713. The third-order valence-corrected chi connectivity index (χ3v) is 5.51. The van der Waals surface area contributed by atoms with Crippen molar-refractivity contribution in [2.75, 3.05) is 0 Å². The molecule has 86 valence electrons. The van der Waals surface area contributed by atoms with E-state index < -0.39 is 26.5 Å². The summed E-state index contributed by atoms with van der Waals surface area (Å²) < 4.78 is 25.7. The average molecular weight is 246 g/mol. The molecule has 2 unspecified atom stereocenters. The van der Waals surface area contributed by atoms with Gasteiger partial charge in [-0.3, -0.25) is 4.57 Å². The molecule has 0 aliphatic heterocycles. The summed E-state index contributed by atoms with van der Waals surface area (Å²) in [7, 11) is -9.21. The Morgan fingerprint density at radius 1 is 1.14 bits per heavy atom. The lowest BCUT2D eigenvalue weighted by molar-refractivity contribution is 0.246. The second kappa shape index (κ2) is 4.05. The summed E-state index contributed by atoms with van der Waals surface area (Å²) in [5, 5.41) is 0. The zero-order valence-corrected chi connectivity index (χ0v) is 10.3. The third kappa shape index (κ3) is 4.69. The van der Waals surface area contributed by atoms with Gasteiger partial charge in [-0.15, -0.1) is 0 Å². The highest BCUT2D eigenvalue weighted by atomic mass is 31.3. The highest BCUT2D eigenvalue weighted by molar-refractivity contribution is 7.64. The van der Waals surface area contributed by atoms with Gasteiger partial charge in [0.25, 0.3) is 0 Å². The van der Waals surface area contributed by atoms with Crippen LogP contribution in [0.4, 0.5) is 0 Å². The first-order chi connectivity index (χ1) is 5.86. The summed E-state index contributed by atoms with van der Waals surface area (Å²) in [6, 6.07) is 0. The minimum absolute atomic E-state index is 0.570.